The molecule has 7 heteroatoms. The van der Waals surface area contributed by atoms with Gasteiger partial charge < -0.3 is 10.6 Å². The normalized spacial score (nSPS) is 12.5. The minimum atomic E-state index is -4.57. The molecular weight excluding hydrogens is 377 g/mol. The van der Waals surface area contributed by atoms with E-state index in [1.165, 1.54) is 5.56 Å². The van der Waals surface area contributed by atoms with Gasteiger partial charge in [0.25, 0.3) is 0 Å². The number of nitrogens with zero attached hydrogens (tertiary/aromatic N) is 2. The van der Waals surface area contributed by atoms with E-state index in [-0.39, 0.29) is 11.8 Å². The number of alkyl halides is 3. The number of aryl methyl sites for hydroxylation is 1. The summed E-state index contributed by atoms with van der Waals surface area (Å²) in [4.78, 5) is 7.92. The van der Waals surface area contributed by atoms with Crippen LogP contribution in [0.25, 0.3) is 0 Å². The molecule has 0 aliphatic rings. The number of halogens is 3. The first-order chi connectivity index (χ1) is 13.8. The number of hydrogen-bond acceptors (Lipinski definition) is 4. The Kier molecular flexibility index (Phi) is 6.06. The van der Waals surface area contributed by atoms with Gasteiger partial charge in [-0.25, -0.2) is 4.98 Å². The van der Waals surface area contributed by atoms with Gasteiger partial charge in [0.05, 0.1) is 0 Å². The lowest BCUT2D eigenvalue weighted by molar-refractivity contribution is -0.137. The van der Waals surface area contributed by atoms with E-state index < -0.39 is 11.7 Å². The molecule has 0 saturated carbocycles. The van der Waals surface area contributed by atoms with Gasteiger partial charge >= 0.3 is 6.18 Å². The summed E-state index contributed by atoms with van der Waals surface area (Å²) in [6, 6.07) is 14.8. The van der Waals surface area contributed by atoms with Gasteiger partial charge in [-0.05, 0) is 49.1 Å². The number of anilines is 4. The van der Waals surface area contributed by atoms with Crippen LogP contribution in [0, 0.1) is 6.92 Å². The first kappa shape index (κ1) is 20.6. The van der Waals surface area contributed by atoms with Crippen LogP contribution in [0.2, 0.25) is 0 Å². The Balaban J connectivity index is 1.87. The average Bonchev–Trinajstić information content (AvgIpc) is 2.69. The maximum atomic E-state index is 13.4. The zero-order valence-corrected chi connectivity index (χ0v) is 16.5. The largest absolute Gasteiger partial charge is 0.421 e. The van der Waals surface area contributed by atoms with Crippen LogP contribution in [0.5, 0.6) is 0 Å². The summed E-state index contributed by atoms with van der Waals surface area (Å²) in [5, 5.41) is 5.73. The highest BCUT2D eigenvalue weighted by atomic mass is 19.4. The Morgan fingerprint density at radius 3 is 2.10 bits per heavy atom. The van der Waals surface area contributed by atoms with E-state index in [1.54, 1.807) is 12.1 Å². The molecule has 1 heterocycles. The van der Waals surface area contributed by atoms with E-state index in [1.807, 2.05) is 43.3 Å². The van der Waals surface area contributed by atoms with Crippen LogP contribution in [0.1, 0.15) is 42.9 Å². The summed E-state index contributed by atoms with van der Waals surface area (Å²) in [6.45, 7) is 6.17. The van der Waals surface area contributed by atoms with Crippen LogP contribution < -0.4 is 10.6 Å². The third kappa shape index (κ3) is 5.25. The van der Waals surface area contributed by atoms with Crippen molar-refractivity contribution in [1.29, 1.82) is 0 Å². The third-order valence-corrected chi connectivity index (χ3v) is 4.76. The molecular formula is C22H23F3N4. The molecule has 0 bridgehead atoms. The van der Waals surface area contributed by atoms with Crippen molar-refractivity contribution < 1.29 is 13.2 Å². The lowest BCUT2D eigenvalue weighted by atomic mass is 9.99. The zero-order chi connectivity index (χ0) is 21.0. The lowest BCUT2D eigenvalue weighted by Crippen LogP contribution is -2.12. The zero-order valence-electron chi connectivity index (χ0n) is 16.5. The van der Waals surface area contributed by atoms with Crippen LogP contribution in [0.15, 0.2) is 54.7 Å². The topological polar surface area (TPSA) is 49.8 Å². The molecule has 0 spiro atoms. The highest BCUT2D eigenvalue weighted by Gasteiger charge is 2.35. The van der Waals surface area contributed by atoms with Gasteiger partial charge in [0.15, 0.2) is 0 Å². The van der Waals surface area contributed by atoms with Gasteiger partial charge in [-0.15, -0.1) is 0 Å². The molecule has 4 nitrogen and oxygen atoms in total. The van der Waals surface area contributed by atoms with Gasteiger partial charge in [-0.3, -0.25) is 0 Å². The summed E-state index contributed by atoms with van der Waals surface area (Å²) in [7, 11) is 0. The van der Waals surface area contributed by atoms with Crippen molar-refractivity contribution in [3.63, 3.8) is 0 Å². The van der Waals surface area contributed by atoms with Crippen molar-refractivity contribution >= 4 is 23.1 Å². The van der Waals surface area contributed by atoms with E-state index in [0.29, 0.717) is 17.3 Å². The van der Waals surface area contributed by atoms with E-state index in [2.05, 4.69) is 34.4 Å². The summed E-state index contributed by atoms with van der Waals surface area (Å²) in [6.07, 6.45) is -2.74. The van der Waals surface area contributed by atoms with Gasteiger partial charge in [-0.1, -0.05) is 43.7 Å². The molecule has 29 heavy (non-hydrogen) atoms. The summed E-state index contributed by atoms with van der Waals surface area (Å²) in [5.74, 6) is 0.232. The lowest BCUT2D eigenvalue weighted by Gasteiger charge is -2.15. The fourth-order valence-corrected chi connectivity index (χ4v) is 2.78. The van der Waals surface area contributed by atoms with Gasteiger partial charge in [0, 0.05) is 17.6 Å². The summed E-state index contributed by atoms with van der Waals surface area (Å²) >= 11 is 0. The number of aromatic nitrogens is 2. The molecule has 2 N–H and O–H groups in total. The maximum absolute atomic E-state index is 13.4. The highest BCUT2D eigenvalue weighted by molar-refractivity contribution is 5.63. The Labute approximate surface area is 168 Å². The quantitative estimate of drug-likeness (QED) is 0.477. The standard InChI is InChI=1S/C22H23F3N4/c1-4-15(3)16-7-11-18(12-8-16)28-21-26-13-19(22(23,24)25)20(29-21)27-17-9-5-14(2)6-10-17/h5-13,15H,4H2,1-3H3,(H2,26,27,28,29). The molecule has 1 atom stereocenters. The van der Waals surface area contributed by atoms with Crippen molar-refractivity contribution in [3.05, 3.63) is 71.4 Å². The molecule has 0 fully saturated rings. The SMILES string of the molecule is CCC(C)c1ccc(Nc2ncc(C(F)(F)F)c(Nc3ccc(C)cc3)n2)cc1. The number of benzene rings is 2. The molecule has 0 aliphatic carbocycles. The molecule has 0 amide bonds. The van der Waals surface area contributed by atoms with Crippen molar-refractivity contribution in [2.24, 2.45) is 0 Å². The van der Waals surface area contributed by atoms with Gasteiger partial charge in [-0.2, -0.15) is 18.2 Å². The third-order valence-electron chi connectivity index (χ3n) is 4.76. The Morgan fingerprint density at radius 2 is 1.52 bits per heavy atom. The van der Waals surface area contributed by atoms with Crippen molar-refractivity contribution in [3.8, 4) is 0 Å². The minimum absolute atomic E-state index is 0.0869. The molecule has 152 valence electrons. The molecule has 3 aromatic rings. The number of nitrogens with one attached hydrogen (secondary N) is 2. The molecule has 0 radical (unpaired) electrons. The Bertz CT molecular complexity index is 951. The van der Waals surface area contributed by atoms with Crippen LogP contribution >= 0.6 is 0 Å². The molecule has 1 aromatic heterocycles. The molecule has 3 rings (SSSR count). The van der Waals surface area contributed by atoms with Gasteiger partial charge in [0.2, 0.25) is 5.95 Å². The summed E-state index contributed by atoms with van der Waals surface area (Å²) < 4.78 is 40.2. The van der Waals surface area contributed by atoms with Crippen LogP contribution in [0.4, 0.5) is 36.3 Å². The van der Waals surface area contributed by atoms with Crippen LogP contribution in [-0.2, 0) is 6.18 Å². The highest BCUT2D eigenvalue weighted by Crippen LogP contribution is 2.35. The van der Waals surface area contributed by atoms with E-state index in [9.17, 15) is 13.2 Å². The minimum Gasteiger partial charge on any atom is -0.340 e. The average molecular weight is 400 g/mol. The first-order valence-corrected chi connectivity index (χ1v) is 9.41. The predicted molar refractivity (Wildman–Crippen MR) is 110 cm³/mol. The summed E-state index contributed by atoms with van der Waals surface area (Å²) in [5.41, 5.74) is 2.52. The fourth-order valence-electron chi connectivity index (χ4n) is 2.78. The van der Waals surface area contributed by atoms with E-state index in [4.69, 9.17) is 0 Å². The van der Waals surface area contributed by atoms with Crippen molar-refractivity contribution in [1.82, 2.24) is 9.97 Å². The van der Waals surface area contributed by atoms with Crippen molar-refractivity contribution in [2.45, 2.75) is 39.3 Å². The second-order valence-electron chi connectivity index (χ2n) is 7.00. The maximum Gasteiger partial charge on any atom is 0.421 e. The van der Waals surface area contributed by atoms with E-state index >= 15 is 0 Å². The number of hydrogen-bond donors (Lipinski definition) is 2. The second-order valence-corrected chi connectivity index (χ2v) is 7.00. The predicted octanol–water partition coefficient (Wildman–Crippen LogP) is 6.80. The van der Waals surface area contributed by atoms with Crippen LogP contribution in [0.3, 0.4) is 0 Å². The monoisotopic (exact) mass is 400 g/mol. The van der Waals surface area contributed by atoms with Crippen LogP contribution in [-0.4, -0.2) is 9.97 Å². The smallest absolute Gasteiger partial charge is 0.340 e. The van der Waals surface area contributed by atoms with Gasteiger partial charge in [0.1, 0.15) is 11.4 Å². The Hall–Kier alpha value is -3.09. The van der Waals surface area contributed by atoms with E-state index in [0.717, 1.165) is 18.2 Å². The number of rotatable bonds is 6. The molecule has 0 saturated heterocycles. The molecule has 0 aliphatic heterocycles. The molecule has 1 unspecified atom stereocenters. The Morgan fingerprint density at radius 1 is 0.931 bits per heavy atom. The fraction of sp³-hybridized carbons (Fsp3) is 0.273. The second kappa shape index (κ2) is 8.51. The first-order valence-electron chi connectivity index (χ1n) is 9.41. The molecule has 2 aromatic carbocycles. The van der Waals surface area contributed by atoms with Crippen molar-refractivity contribution in [2.75, 3.05) is 10.6 Å².